The molecule has 0 aromatic heterocycles. The highest BCUT2D eigenvalue weighted by atomic mass is 28.3. The number of rotatable bonds is 0. The lowest BCUT2D eigenvalue weighted by molar-refractivity contribution is -0.0505. The van der Waals surface area contributed by atoms with Crippen molar-refractivity contribution >= 4 is 8.80 Å². The highest BCUT2D eigenvalue weighted by molar-refractivity contribution is 6.57. The van der Waals surface area contributed by atoms with E-state index in [1.54, 1.807) is 0 Å². The quantitative estimate of drug-likeness (QED) is 0.363. The highest BCUT2D eigenvalue weighted by Gasteiger charge is 2.33. The van der Waals surface area contributed by atoms with Crippen molar-refractivity contribution in [1.29, 1.82) is 0 Å². The molecule has 0 heterocycles. The Balaban J connectivity index is 0. The molecule has 0 aromatic rings. The van der Waals surface area contributed by atoms with Crippen molar-refractivity contribution in [1.82, 2.24) is 0 Å². The first-order chi connectivity index (χ1) is 2.94. The summed E-state index contributed by atoms with van der Waals surface area (Å²) in [5, 5.41) is 0. The second-order valence-corrected chi connectivity index (χ2v) is 4.06. The fourth-order valence-corrected chi connectivity index (χ4v) is 0. The number of halogens is 4. The normalized spacial score (nSPS) is 11.2. The van der Waals surface area contributed by atoms with Crippen LogP contribution in [0.2, 0.25) is 13.1 Å². The molecule has 0 fully saturated rings. The summed E-state index contributed by atoms with van der Waals surface area (Å²) in [6.07, 6.45) is 0. The average Bonchev–Trinajstić information content (AvgIpc) is 1.31. The Labute approximate surface area is 46.7 Å². The van der Waals surface area contributed by atoms with E-state index in [1.165, 1.54) is 13.1 Å². The Kier molecular flexibility index (Phi) is 4.15. The Morgan fingerprint density at radius 3 is 1.25 bits per heavy atom. The van der Waals surface area contributed by atoms with E-state index < -0.39 is 14.6 Å². The molecule has 0 saturated heterocycles. The average molecular weight is 147 g/mol. The van der Waals surface area contributed by atoms with Crippen LogP contribution in [0.25, 0.3) is 0 Å². The van der Waals surface area contributed by atoms with E-state index in [9.17, 15) is 13.2 Å². The maximum Gasteiger partial charge on any atom is 0.359 e. The molecule has 0 N–H and O–H groups in total. The van der Waals surface area contributed by atoms with Gasteiger partial charge in [-0.3, -0.25) is 4.70 Å². The maximum atomic E-state index is 11.2. The van der Waals surface area contributed by atoms with Crippen molar-refractivity contribution in [3.8, 4) is 0 Å². The van der Waals surface area contributed by atoms with Crippen molar-refractivity contribution in [3.05, 3.63) is 0 Å². The molecule has 0 amide bonds. The Morgan fingerprint density at radius 1 is 1.12 bits per heavy atom. The molecule has 0 bridgehead atoms. The molecular weight excluding hydrogens is 140 g/mol. The summed E-state index contributed by atoms with van der Waals surface area (Å²) >= 11 is 0. The van der Waals surface area contributed by atoms with E-state index in [0.29, 0.717) is 0 Å². The van der Waals surface area contributed by atoms with Crippen molar-refractivity contribution in [2.75, 3.05) is 0 Å². The first-order valence-electron chi connectivity index (χ1n) is 1.82. The van der Waals surface area contributed by atoms with E-state index in [-0.39, 0.29) is 4.70 Å². The van der Waals surface area contributed by atoms with Crippen LogP contribution in [-0.4, -0.2) is 14.6 Å². The van der Waals surface area contributed by atoms with Gasteiger partial charge in [0.1, 0.15) is 0 Å². The van der Waals surface area contributed by atoms with Crippen LogP contribution in [0.5, 0.6) is 0 Å². The summed E-state index contributed by atoms with van der Waals surface area (Å²) in [6.45, 7) is 2.45. The third-order valence-corrected chi connectivity index (χ3v) is 1.70. The second kappa shape index (κ2) is 3.06. The van der Waals surface area contributed by atoms with Crippen LogP contribution >= 0.6 is 0 Å². The molecule has 0 aliphatic heterocycles. The molecule has 51 valence electrons. The van der Waals surface area contributed by atoms with Gasteiger partial charge >= 0.3 is 5.80 Å². The molecular formula is C3H7F4Si. The summed E-state index contributed by atoms with van der Waals surface area (Å²) in [7, 11) is -2.05. The largest absolute Gasteiger partial charge is 0.359 e. The summed E-state index contributed by atoms with van der Waals surface area (Å²) in [6, 6.07) is 0. The Hall–Kier alpha value is -0.0631. The molecule has 0 aliphatic rings. The molecule has 0 unspecified atom stereocenters. The van der Waals surface area contributed by atoms with Gasteiger partial charge in [0.25, 0.3) is 0 Å². The van der Waals surface area contributed by atoms with E-state index in [0.717, 1.165) is 0 Å². The molecule has 0 spiro atoms. The monoisotopic (exact) mass is 147 g/mol. The zero-order valence-electron chi connectivity index (χ0n) is 4.54. The van der Waals surface area contributed by atoms with Gasteiger partial charge in [0.15, 0.2) is 8.80 Å². The van der Waals surface area contributed by atoms with Crippen LogP contribution in [0, 0.1) is 0 Å². The molecule has 0 aromatic carbocycles. The van der Waals surface area contributed by atoms with Crippen LogP contribution in [0.15, 0.2) is 0 Å². The van der Waals surface area contributed by atoms with Gasteiger partial charge in [0.2, 0.25) is 0 Å². The zero-order chi connectivity index (χ0) is 6.08. The minimum absolute atomic E-state index is 0. The third kappa shape index (κ3) is 4.11. The summed E-state index contributed by atoms with van der Waals surface area (Å²) in [5.74, 6) is -3.90. The lowest BCUT2D eigenvalue weighted by atomic mass is 11.5. The molecule has 0 aliphatic carbocycles. The lowest BCUT2D eigenvalue weighted by Crippen LogP contribution is -2.26. The molecule has 5 heteroatoms. The Morgan fingerprint density at radius 2 is 1.25 bits per heavy atom. The van der Waals surface area contributed by atoms with Crippen molar-refractivity contribution < 1.29 is 17.9 Å². The van der Waals surface area contributed by atoms with Gasteiger partial charge in [-0.15, -0.1) is 0 Å². The van der Waals surface area contributed by atoms with E-state index in [1.807, 2.05) is 0 Å². The standard InChI is InChI=1S/C3H6F3Si.FH/c1-7(2)3(4,5)6;/h1-2H3;1H. The summed E-state index contributed by atoms with van der Waals surface area (Å²) in [4.78, 5) is 0. The molecule has 1 radical (unpaired) electrons. The van der Waals surface area contributed by atoms with E-state index in [2.05, 4.69) is 0 Å². The van der Waals surface area contributed by atoms with Crippen LogP contribution in [0.4, 0.5) is 17.9 Å². The van der Waals surface area contributed by atoms with Crippen LogP contribution in [0.1, 0.15) is 0 Å². The van der Waals surface area contributed by atoms with Gasteiger partial charge < -0.3 is 0 Å². The van der Waals surface area contributed by atoms with Gasteiger partial charge in [-0.05, 0) is 0 Å². The van der Waals surface area contributed by atoms with Gasteiger partial charge in [0, 0.05) is 0 Å². The van der Waals surface area contributed by atoms with E-state index >= 15 is 0 Å². The zero-order valence-corrected chi connectivity index (χ0v) is 5.54. The van der Waals surface area contributed by atoms with Gasteiger partial charge in [-0.2, -0.15) is 13.2 Å². The van der Waals surface area contributed by atoms with E-state index in [4.69, 9.17) is 0 Å². The third-order valence-electron chi connectivity index (χ3n) is 0.567. The molecule has 0 saturated carbocycles. The number of hydrogen-bond donors (Lipinski definition) is 0. The predicted molar refractivity (Wildman–Crippen MR) is 26.0 cm³/mol. The smallest absolute Gasteiger partial charge is 0.269 e. The van der Waals surface area contributed by atoms with Gasteiger partial charge in [-0.1, -0.05) is 13.1 Å². The SMILES string of the molecule is C[Si](C)C(F)(F)F.F. The second-order valence-electron chi connectivity index (χ2n) is 1.50. The maximum absolute atomic E-state index is 11.2. The van der Waals surface area contributed by atoms with Crippen molar-refractivity contribution in [2.24, 2.45) is 0 Å². The Bertz CT molecular complexity index is 56.8. The number of alkyl halides is 3. The molecule has 0 atom stereocenters. The predicted octanol–water partition coefficient (Wildman–Crippen LogP) is 1.99. The molecule has 0 nitrogen and oxygen atoms in total. The first kappa shape index (κ1) is 10.8. The van der Waals surface area contributed by atoms with Gasteiger partial charge in [0.05, 0.1) is 0 Å². The van der Waals surface area contributed by atoms with Crippen molar-refractivity contribution in [3.63, 3.8) is 0 Å². The molecule has 0 rings (SSSR count). The lowest BCUT2D eigenvalue weighted by Gasteiger charge is -2.05. The minimum Gasteiger partial charge on any atom is -0.269 e. The molecule has 8 heavy (non-hydrogen) atoms. The first-order valence-corrected chi connectivity index (χ1v) is 4.32. The van der Waals surface area contributed by atoms with Crippen LogP contribution < -0.4 is 0 Å². The van der Waals surface area contributed by atoms with Crippen molar-refractivity contribution in [2.45, 2.75) is 18.9 Å². The topological polar surface area (TPSA) is 0 Å². The highest BCUT2D eigenvalue weighted by Crippen LogP contribution is 2.17. The van der Waals surface area contributed by atoms with Gasteiger partial charge in [-0.25, -0.2) is 0 Å². The fraction of sp³-hybridized carbons (Fsp3) is 1.00. The van der Waals surface area contributed by atoms with Crippen LogP contribution in [-0.2, 0) is 0 Å². The van der Waals surface area contributed by atoms with Crippen LogP contribution in [0.3, 0.4) is 0 Å². The summed E-state index contributed by atoms with van der Waals surface area (Å²) in [5.41, 5.74) is 0. The minimum atomic E-state index is -3.90. The fourth-order valence-electron chi connectivity index (χ4n) is 0. The summed E-state index contributed by atoms with van der Waals surface area (Å²) < 4.78 is 33.7. The number of hydrogen-bond acceptors (Lipinski definition) is 0.